The van der Waals surface area contributed by atoms with Gasteiger partial charge in [0.2, 0.25) is 0 Å². The Bertz CT molecular complexity index is 602. The summed E-state index contributed by atoms with van der Waals surface area (Å²) in [7, 11) is 0. The van der Waals surface area contributed by atoms with Gasteiger partial charge in [-0.05, 0) is 43.5 Å². The molecule has 0 bridgehead atoms. The minimum absolute atomic E-state index is 0.169. The lowest BCUT2D eigenvalue weighted by atomic mass is 9.97. The molecule has 15 heavy (non-hydrogen) atoms. The van der Waals surface area contributed by atoms with Gasteiger partial charge >= 0.3 is 5.69 Å². The largest absolute Gasteiger partial charge is 0.323 e. The number of fused-ring (bicyclic) bond motifs is 1. The lowest BCUT2D eigenvalue weighted by Gasteiger charge is -2.09. The zero-order valence-corrected chi connectivity index (χ0v) is 9.19. The molecule has 2 aromatic rings. The Kier molecular flexibility index (Phi) is 2.03. The maximum Gasteiger partial charge on any atom is 0.323 e. The first-order chi connectivity index (χ1) is 7.00. The van der Waals surface area contributed by atoms with Gasteiger partial charge in [-0.3, -0.25) is 0 Å². The predicted molar refractivity (Wildman–Crippen MR) is 63.1 cm³/mol. The van der Waals surface area contributed by atoms with Gasteiger partial charge in [-0.2, -0.15) is 0 Å². The van der Waals surface area contributed by atoms with Gasteiger partial charge in [-0.1, -0.05) is 6.58 Å². The van der Waals surface area contributed by atoms with Gasteiger partial charge in [-0.25, -0.2) is 4.79 Å². The fourth-order valence-corrected chi connectivity index (χ4v) is 1.95. The number of nitrogens with one attached hydrogen (secondary N) is 2. The van der Waals surface area contributed by atoms with Gasteiger partial charge in [0.15, 0.2) is 0 Å². The molecule has 0 unspecified atom stereocenters. The average Bonchev–Trinajstić information content (AvgIpc) is 2.46. The van der Waals surface area contributed by atoms with Gasteiger partial charge in [-0.15, -0.1) is 0 Å². The third kappa shape index (κ3) is 1.40. The van der Waals surface area contributed by atoms with E-state index in [2.05, 4.69) is 16.5 Å². The molecule has 1 aromatic heterocycles. The number of rotatable bonds is 1. The van der Waals surface area contributed by atoms with Crippen LogP contribution < -0.4 is 5.69 Å². The Morgan fingerprint density at radius 1 is 1.33 bits per heavy atom. The third-order valence-electron chi connectivity index (χ3n) is 2.76. The Balaban J connectivity index is 3.01. The van der Waals surface area contributed by atoms with Crippen LogP contribution in [-0.2, 0) is 0 Å². The third-order valence-corrected chi connectivity index (χ3v) is 2.76. The van der Waals surface area contributed by atoms with Gasteiger partial charge in [0, 0.05) is 5.56 Å². The molecule has 1 heterocycles. The van der Waals surface area contributed by atoms with Crippen molar-refractivity contribution in [2.24, 2.45) is 0 Å². The SMILES string of the molecule is C=C(C)c1c(C)c(C)cc2[nH]c(=O)[nH]c12. The number of allylic oxidation sites excluding steroid dienone is 1. The normalized spacial score (nSPS) is 10.9. The van der Waals surface area contributed by atoms with Crippen LogP contribution in [0.15, 0.2) is 17.4 Å². The Hall–Kier alpha value is -1.77. The van der Waals surface area contributed by atoms with Crippen molar-refractivity contribution in [3.05, 3.63) is 39.8 Å². The van der Waals surface area contributed by atoms with Crippen molar-refractivity contribution in [1.82, 2.24) is 9.97 Å². The smallest absolute Gasteiger partial charge is 0.306 e. The number of aromatic nitrogens is 2. The van der Waals surface area contributed by atoms with Gasteiger partial charge < -0.3 is 9.97 Å². The highest BCUT2D eigenvalue weighted by molar-refractivity contribution is 5.90. The van der Waals surface area contributed by atoms with Crippen molar-refractivity contribution in [2.45, 2.75) is 20.8 Å². The highest BCUT2D eigenvalue weighted by atomic mass is 16.1. The number of hydrogen-bond donors (Lipinski definition) is 2. The molecule has 78 valence electrons. The molecule has 0 radical (unpaired) electrons. The number of benzene rings is 1. The van der Waals surface area contributed by atoms with E-state index >= 15 is 0 Å². The number of aryl methyl sites for hydroxylation is 1. The molecule has 0 aliphatic rings. The second-order valence-electron chi connectivity index (χ2n) is 3.98. The zero-order chi connectivity index (χ0) is 11.2. The minimum Gasteiger partial charge on any atom is -0.306 e. The van der Waals surface area contributed by atoms with Crippen molar-refractivity contribution >= 4 is 16.6 Å². The van der Waals surface area contributed by atoms with E-state index in [4.69, 9.17) is 0 Å². The molecule has 0 saturated carbocycles. The zero-order valence-electron chi connectivity index (χ0n) is 9.19. The Labute approximate surface area is 87.8 Å². The summed E-state index contributed by atoms with van der Waals surface area (Å²) in [5, 5.41) is 0. The molecule has 0 fully saturated rings. The van der Waals surface area contributed by atoms with Crippen LogP contribution in [0.25, 0.3) is 16.6 Å². The van der Waals surface area contributed by atoms with Gasteiger partial charge in [0.05, 0.1) is 11.0 Å². The van der Waals surface area contributed by atoms with Crippen LogP contribution in [0.4, 0.5) is 0 Å². The predicted octanol–water partition coefficient (Wildman–Crippen LogP) is 2.51. The molecule has 2 N–H and O–H groups in total. The topological polar surface area (TPSA) is 48.6 Å². The second-order valence-corrected chi connectivity index (χ2v) is 3.98. The molecule has 3 nitrogen and oxygen atoms in total. The minimum atomic E-state index is -0.169. The molecule has 0 spiro atoms. The van der Waals surface area contributed by atoms with E-state index in [1.807, 2.05) is 26.8 Å². The summed E-state index contributed by atoms with van der Waals surface area (Å²) in [4.78, 5) is 16.8. The molecule has 0 aliphatic carbocycles. The second kappa shape index (κ2) is 3.12. The molecule has 0 aliphatic heterocycles. The molecule has 0 saturated heterocycles. The van der Waals surface area contributed by atoms with Crippen LogP contribution in [0.5, 0.6) is 0 Å². The molecule has 0 amide bonds. The van der Waals surface area contributed by atoms with Crippen LogP contribution in [0.2, 0.25) is 0 Å². The van der Waals surface area contributed by atoms with Crippen LogP contribution in [0.3, 0.4) is 0 Å². The highest BCUT2D eigenvalue weighted by Crippen LogP contribution is 2.26. The van der Waals surface area contributed by atoms with E-state index in [9.17, 15) is 4.79 Å². The maximum absolute atomic E-state index is 11.2. The maximum atomic E-state index is 11.2. The van der Waals surface area contributed by atoms with Crippen LogP contribution in [-0.4, -0.2) is 9.97 Å². The van der Waals surface area contributed by atoms with E-state index < -0.39 is 0 Å². The highest BCUT2D eigenvalue weighted by Gasteiger charge is 2.10. The summed E-state index contributed by atoms with van der Waals surface area (Å²) in [5.74, 6) is 0. The van der Waals surface area contributed by atoms with Crippen LogP contribution in [0.1, 0.15) is 23.6 Å². The first-order valence-electron chi connectivity index (χ1n) is 4.89. The molecule has 0 atom stereocenters. The molecular formula is C12H14N2O. The number of hydrogen-bond acceptors (Lipinski definition) is 1. The summed E-state index contributed by atoms with van der Waals surface area (Å²) < 4.78 is 0. The molecular weight excluding hydrogens is 188 g/mol. The fourth-order valence-electron chi connectivity index (χ4n) is 1.95. The van der Waals surface area contributed by atoms with E-state index in [1.165, 1.54) is 5.56 Å². The Morgan fingerprint density at radius 3 is 2.60 bits per heavy atom. The monoisotopic (exact) mass is 202 g/mol. The quantitative estimate of drug-likeness (QED) is 0.733. The number of aromatic amines is 2. The summed E-state index contributed by atoms with van der Waals surface area (Å²) in [6.07, 6.45) is 0. The van der Waals surface area contributed by atoms with Crippen LogP contribution >= 0.6 is 0 Å². The van der Waals surface area contributed by atoms with E-state index in [0.29, 0.717) is 0 Å². The van der Waals surface area contributed by atoms with E-state index in [0.717, 1.165) is 27.7 Å². The molecule has 3 heteroatoms. The molecule has 2 rings (SSSR count). The number of imidazole rings is 1. The van der Waals surface area contributed by atoms with E-state index in [-0.39, 0.29) is 5.69 Å². The summed E-state index contributed by atoms with van der Waals surface area (Å²) in [5.41, 5.74) is 5.88. The van der Waals surface area contributed by atoms with E-state index in [1.54, 1.807) is 0 Å². The summed E-state index contributed by atoms with van der Waals surface area (Å²) in [6.45, 7) is 9.98. The summed E-state index contributed by atoms with van der Waals surface area (Å²) >= 11 is 0. The first-order valence-corrected chi connectivity index (χ1v) is 4.89. The van der Waals surface area contributed by atoms with Crippen molar-refractivity contribution < 1.29 is 0 Å². The summed E-state index contributed by atoms with van der Waals surface area (Å²) in [6, 6.07) is 1.98. The lowest BCUT2D eigenvalue weighted by Crippen LogP contribution is -1.99. The van der Waals surface area contributed by atoms with Gasteiger partial charge in [0.25, 0.3) is 0 Å². The van der Waals surface area contributed by atoms with Crippen molar-refractivity contribution in [3.8, 4) is 0 Å². The fraction of sp³-hybridized carbons (Fsp3) is 0.250. The standard InChI is InChI=1S/C12H14N2O/c1-6(2)10-8(4)7(3)5-9-11(10)14-12(15)13-9/h5H,1H2,2-4H3,(H2,13,14,15). The first kappa shape index (κ1) is 9.77. The molecule has 1 aromatic carbocycles. The van der Waals surface area contributed by atoms with Crippen LogP contribution in [0, 0.1) is 13.8 Å². The Morgan fingerprint density at radius 2 is 2.00 bits per heavy atom. The number of H-pyrrole nitrogens is 2. The van der Waals surface area contributed by atoms with Crippen molar-refractivity contribution in [2.75, 3.05) is 0 Å². The van der Waals surface area contributed by atoms with Crippen molar-refractivity contribution in [3.63, 3.8) is 0 Å². The van der Waals surface area contributed by atoms with Crippen molar-refractivity contribution in [1.29, 1.82) is 0 Å². The lowest BCUT2D eigenvalue weighted by molar-refractivity contribution is 1.21. The van der Waals surface area contributed by atoms with Gasteiger partial charge in [0.1, 0.15) is 0 Å². The average molecular weight is 202 g/mol.